The maximum Gasteiger partial charge on any atom is 0.262 e. The van der Waals surface area contributed by atoms with Gasteiger partial charge in [-0.2, -0.15) is 5.26 Å². The second kappa shape index (κ2) is 6.65. The predicted molar refractivity (Wildman–Crippen MR) is 116 cm³/mol. The molecule has 5 nitrogen and oxygen atoms in total. The summed E-state index contributed by atoms with van der Waals surface area (Å²) < 4.78 is 13.8. The number of nitrogens with zero attached hydrogens (tertiary/aromatic N) is 3. The van der Waals surface area contributed by atoms with Crippen LogP contribution in [0.1, 0.15) is 49.3 Å². The second-order valence-corrected chi connectivity index (χ2v) is 9.36. The minimum atomic E-state index is -1.00. The van der Waals surface area contributed by atoms with E-state index >= 15 is 0 Å². The molecule has 1 heterocycles. The number of amides is 1. The molecule has 1 aliphatic heterocycles. The predicted octanol–water partition coefficient (Wildman–Crippen LogP) is 4.10. The molecule has 0 bridgehead atoms. The maximum atomic E-state index is 13.8. The number of nitriles is 1. The summed E-state index contributed by atoms with van der Waals surface area (Å²) in [4.78, 5) is 20.0. The van der Waals surface area contributed by atoms with Gasteiger partial charge in [-0.1, -0.05) is 38.0 Å². The molecule has 0 saturated heterocycles. The number of hydrogen-bond donors (Lipinski definition) is 1. The summed E-state index contributed by atoms with van der Waals surface area (Å²) >= 11 is 0. The molecule has 1 unspecified atom stereocenters. The van der Waals surface area contributed by atoms with Crippen molar-refractivity contribution in [3.05, 3.63) is 58.9 Å². The van der Waals surface area contributed by atoms with Crippen LogP contribution in [0.3, 0.4) is 0 Å². The van der Waals surface area contributed by atoms with Crippen LogP contribution in [-0.4, -0.2) is 23.8 Å². The van der Waals surface area contributed by atoms with Crippen LogP contribution < -0.4 is 5.73 Å². The summed E-state index contributed by atoms with van der Waals surface area (Å²) in [5, 5.41) is 9.22. The summed E-state index contributed by atoms with van der Waals surface area (Å²) in [5.74, 6) is 0.298. The van der Waals surface area contributed by atoms with Crippen molar-refractivity contribution in [3.63, 3.8) is 0 Å². The number of likely N-dealkylation sites (N-methyl/N-ethyl adjacent to an activating group) is 1. The number of nitrogens with two attached hydrogens (primary N) is 1. The highest BCUT2D eigenvalue weighted by Crippen LogP contribution is 2.62. The third-order valence-electron chi connectivity index (χ3n) is 7.69. The number of guanidine groups is 1. The first kappa shape index (κ1) is 19.7. The fourth-order valence-corrected chi connectivity index (χ4v) is 5.83. The number of carbonyl (C=O) groups excluding carboxylic acids is 1. The van der Waals surface area contributed by atoms with Gasteiger partial charge in [-0.25, -0.2) is 9.38 Å². The van der Waals surface area contributed by atoms with Crippen molar-refractivity contribution >= 4 is 11.9 Å². The third-order valence-corrected chi connectivity index (χ3v) is 7.69. The molecule has 2 spiro atoms. The van der Waals surface area contributed by atoms with Crippen LogP contribution in [0.4, 0.5) is 4.39 Å². The molecule has 2 aromatic carbocycles. The molecule has 158 valence electrons. The summed E-state index contributed by atoms with van der Waals surface area (Å²) in [7, 11) is 1.69. The SMILES string of the molecule is CC1CCC2(CC1)Cc1ccc(-c3ccc(F)c(C#N)c3)cc1C21N=C(N)N(C)C1=O. The summed E-state index contributed by atoms with van der Waals surface area (Å²) in [6.07, 6.45) is 4.81. The maximum absolute atomic E-state index is 13.8. The van der Waals surface area contributed by atoms with E-state index in [1.165, 1.54) is 11.0 Å². The molecule has 2 aliphatic carbocycles. The molecular formula is C25H25FN4O. The topological polar surface area (TPSA) is 82.5 Å². The number of rotatable bonds is 1. The fraction of sp³-hybridized carbons (Fsp3) is 0.400. The van der Waals surface area contributed by atoms with Crippen molar-refractivity contribution in [2.24, 2.45) is 22.1 Å². The molecule has 1 atom stereocenters. The van der Waals surface area contributed by atoms with Gasteiger partial charge in [0.2, 0.25) is 0 Å². The van der Waals surface area contributed by atoms with Crippen LogP contribution in [0.25, 0.3) is 11.1 Å². The minimum Gasteiger partial charge on any atom is -0.369 e. The molecule has 6 heteroatoms. The largest absolute Gasteiger partial charge is 0.369 e. The molecule has 31 heavy (non-hydrogen) atoms. The Kier molecular flexibility index (Phi) is 4.23. The molecule has 3 aliphatic rings. The second-order valence-electron chi connectivity index (χ2n) is 9.36. The van der Waals surface area contributed by atoms with Crippen molar-refractivity contribution in [1.82, 2.24) is 4.90 Å². The van der Waals surface area contributed by atoms with Gasteiger partial charge in [0.1, 0.15) is 11.9 Å². The minimum absolute atomic E-state index is 0.00407. The molecule has 1 amide bonds. The summed E-state index contributed by atoms with van der Waals surface area (Å²) in [5.41, 5.74) is 8.52. The van der Waals surface area contributed by atoms with Gasteiger partial charge in [-0.3, -0.25) is 9.69 Å². The van der Waals surface area contributed by atoms with Gasteiger partial charge in [-0.15, -0.1) is 0 Å². The molecular weight excluding hydrogens is 391 g/mol. The standard InChI is InChI=1S/C25H25FN4O/c1-15-7-9-24(10-8-15)13-18-4-3-17(16-5-6-21(26)19(11-16)14-27)12-20(18)25(24)22(31)30(2)23(28)29-25/h3-6,11-12,15H,7-10,13H2,1-2H3,(H2,28,29). The van der Waals surface area contributed by atoms with Gasteiger partial charge in [-0.05, 0) is 65.6 Å². The van der Waals surface area contributed by atoms with Crippen LogP contribution in [0.2, 0.25) is 0 Å². The normalized spacial score (nSPS) is 29.4. The summed E-state index contributed by atoms with van der Waals surface area (Å²) in [6.45, 7) is 2.27. The number of fused-ring (bicyclic) bond motifs is 3. The smallest absolute Gasteiger partial charge is 0.262 e. The van der Waals surface area contributed by atoms with Gasteiger partial charge in [0, 0.05) is 12.5 Å². The monoisotopic (exact) mass is 416 g/mol. The Morgan fingerprint density at radius 2 is 1.87 bits per heavy atom. The van der Waals surface area contributed by atoms with Gasteiger partial charge < -0.3 is 5.73 Å². The lowest BCUT2D eigenvalue weighted by Crippen LogP contribution is -2.50. The number of hydrogen-bond acceptors (Lipinski definition) is 4. The van der Waals surface area contributed by atoms with Crippen LogP contribution in [0.15, 0.2) is 41.4 Å². The van der Waals surface area contributed by atoms with Crippen molar-refractivity contribution in [2.75, 3.05) is 7.05 Å². The lowest BCUT2D eigenvalue weighted by Gasteiger charge is -2.45. The highest BCUT2D eigenvalue weighted by Gasteiger charge is 2.66. The summed E-state index contributed by atoms with van der Waals surface area (Å²) in [6, 6.07) is 12.5. The van der Waals surface area contributed by atoms with E-state index < -0.39 is 11.4 Å². The Bertz CT molecular complexity index is 1170. The van der Waals surface area contributed by atoms with Gasteiger partial charge in [0.15, 0.2) is 11.5 Å². The van der Waals surface area contributed by atoms with E-state index in [1.807, 2.05) is 18.2 Å². The first-order chi connectivity index (χ1) is 14.8. The number of aliphatic imine (C=N–C) groups is 1. The number of halogens is 1. The highest BCUT2D eigenvalue weighted by atomic mass is 19.1. The Hall–Kier alpha value is -3.20. The number of carbonyl (C=O) groups is 1. The van der Waals surface area contributed by atoms with E-state index in [2.05, 4.69) is 13.0 Å². The third kappa shape index (κ3) is 2.59. The van der Waals surface area contributed by atoms with Crippen molar-refractivity contribution < 1.29 is 9.18 Å². The van der Waals surface area contributed by atoms with Gasteiger partial charge >= 0.3 is 0 Å². The van der Waals surface area contributed by atoms with Crippen molar-refractivity contribution in [1.29, 1.82) is 5.26 Å². The van der Waals surface area contributed by atoms with E-state index in [0.29, 0.717) is 5.92 Å². The Morgan fingerprint density at radius 1 is 1.19 bits per heavy atom. The van der Waals surface area contributed by atoms with E-state index in [1.54, 1.807) is 19.2 Å². The fourth-order valence-electron chi connectivity index (χ4n) is 5.83. The van der Waals surface area contributed by atoms with Crippen LogP contribution in [-0.2, 0) is 16.8 Å². The van der Waals surface area contributed by atoms with E-state index in [9.17, 15) is 14.4 Å². The van der Waals surface area contributed by atoms with Gasteiger partial charge in [0.25, 0.3) is 5.91 Å². The van der Waals surface area contributed by atoms with Crippen LogP contribution >= 0.6 is 0 Å². The van der Waals surface area contributed by atoms with Crippen LogP contribution in [0.5, 0.6) is 0 Å². The van der Waals surface area contributed by atoms with Crippen LogP contribution in [0, 0.1) is 28.5 Å². The van der Waals surface area contributed by atoms with Crippen molar-refractivity contribution in [3.8, 4) is 17.2 Å². The molecule has 1 saturated carbocycles. The Morgan fingerprint density at radius 3 is 2.52 bits per heavy atom. The average molecular weight is 417 g/mol. The zero-order chi connectivity index (χ0) is 22.0. The molecule has 5 rings (SSSR count). The molecule has 0 radical (unpaired) electrons. The quantitative estimate of drug-likeness (QED) is 0.760. The Balaban J connectivity index is 1.69. The lowest BCUT2D eigenvalue weighted by atomic mass is 9.60. The van der Waals surface area contributed by atoms with Crippen molar-refractivity contribution in [2.45, 2.75) is 44.6 Å². The van der Waals surface area contributed by atoms with Gasteiger partial charge in [0.05, 0.1) is 5.56 Å². The highest BCUT2D eigenvalue weighted by molar-refractivity contribution is 6.08. The first-order valence-electron chi connectivity index (χ1n) is 10.8. The average Bonchev–Trinajstić information content (AvgIpc) is 3.17. The van der Waals surface area contributed by atoms with E-state index in [4.69, 9.17) is 10.7 Å². The molecule has 0 aromatic heterocycles. The van der Waals surface area contributed by atoms with E-state index in [0.717, 1.165) is 54.4 Å². The lowest BCUT2D eigenvalue weighted by molar-refractivity contribution is -0.136. The first-order valence-corrected chi connectivity index (χ1v) is 10.8. The molecule has 2 N–H and O–H groups in total. The molecule has 1 fully saturated rings. The molecule has 2 aromatic rings. The number of benzene rings is 2. The zero-order valence-corrected chi connectivity index (χ0v) is 17.8. The zero-order valence-electron chi connectivity index (χ0n) is 17.8. The Labute approximate surface area is 181 Å². The van der Waals surface area contributed by atoms with E-state index in [-0.39, 0.29) is 22.8 Å².